The molecule has 1 aromatic rings. The Hall–Kier alpha value is -0.490. The van der Waals surface area contributed by atoms with Gasteiger partial charge in [-0.3, -0.25) is 0 Å². The molecular weight excluding hydrogens is 283 g/mol. The average molecular weight is 295 g/mol. The van der Waals surface area contributed by atoms with Gasteiger partial charge in [-0.15, -0.1) is 0 Å². The summed E-state index contributed by atoms with van der Waals surface area (Å²) >= 11 is 11.7. The van der Waals surface area contributed by atoms with Crippen LogP contribution in [0.3, 0.4) is 0 Å². The summed E-state index contributed by atoms with van der Waals surface area (Å²) < 4.78 is 26.6. The molecule has 1 aliphatic carbocycles. The molecule has 0 heterocycles. The number of nitrogens with two attached hydrogens (primary N) is 1. The summed E-state index contributed by atoms with van der Waals surface area (Å²) in [6, 6.07) is 2.80. The zero-order valence-electron chi connectivity index (χ0n) is 8.91. The first-order valence-corrected chi connectivity index (χ1v) is 7.41. The summed E-state index contributed by atoms with van der Waals surface area (Å²) in [6.45, 7) is 0. The Balaban J connectivity index is 2.35. The van der Waals surface area contributed by atoms with Gasteiger partial charge in [-0.1, -0.05) is 29.6 Å². The zero-order chi connectivity index (χ0) is 12.6. The fourth-order valence-electron chi connectivity index (χ4n) is 1.57. The Morgan fingerprint density at radius 2 is 1.94 bits per heavy atom. The van der Waals surface area contributed by atoms with Crippen molar-refractivity contribution in [3.05, 3.63) is 22.2 Å². The van der Waals surface area contributed by atoms with Gasteiger partial charge >= 0.3 is 0 Å². The standard InChI is InChI=1S/C10H12Cl2N2O2S/c11-7-4-5-8(9(12)10(7)13)17(15,16)14-6-2-1-3-6/h4-6,14H,1-3,13H2. The highest BCUT2D eigenvalue weighted by Gasteiger charge is 2.27. The number of hydrogen-bond donors (Lipinski definition) is 2. The molecule has 1 aliphatic rings. The molecule has 0 saturated heterocycles. The molecule has 17 heavy (non-hydrogen) atoms. The van der Waals surface area contributed by atoms with E-state index in [-0.39, 0.29) is 26.7 Å². The maximum absolute atomic E-state index is 12.0. The monoisotopic (exact) mass is 294 g/mol. The van der Waals surface area contributed by atoms with Crippen LogP contribution in [0.4, 0.5) is 5.69 Å². The van der Waals surface area contributed by atoms with E-state index in [4.69, 9.17) is 28.9 Å². The smallest absolute Gasteiger partial charge is 0.242 e. The lowest BCUT2D eigenvalue weighted by Gasteiger charge is -2.26. The third-order valence-corrected chi connectivity index (χ3v) is 5.22. The molecule has 0 radical (unpaired) electrons. The van der Waals surface area contributed by atoms with Crippen molar-refractivity contribution in [2.45, 2.75) is 30.2 Å². The number of rotatable bonds is 3. The third kappa shape index (κ3) is 2.52. The van der Waals surface area contributed by atoms with E-state index in [9.17, 15) is 8.42 Å². The third-order valence-electron chi connectivity index (χ3n) is 2.81. The van der Waals surface area contributed by atoms with Crippen molar-refractivity contribution in [3.8, 4) is 0 Å². The van der Waals surface area contributed by atoms with E-state index in [1.165, 1.54) is 12.1 Å². The first kappa shape index (κ1) is 13.0. The summed E-state index contributed by atoms with van der Waals surface area (Å²) in [5, 5.41) is 0.224. The van der Waals surface area contributed by atoms with Crippen LogP contribution in [0.15, 0.2) is 17.0 Å². The molecule has 0 aromatic heterocycles. The molecule has 4 nitrogen and oxygen atoms in total. The van der Waals surface area contributed by atoms with Crippen LogP contribution in [0.1, 0.15) is 19.3 Å². The SMILES string of the molecule is Nc1c(Cl)ccc(S(=O)(=O)NC2CCC2)c1Cl. The molecule has 94 valence electrons. The lowest BCUT2D eigenvalue weighted by Crippen LogP contribution is -2.39. The first-order valence-electron chi connectivity index (χ1n) is 5.17. The van der Waals surface area contributed by atoms with E-state index < -0.39 is 10.0 Å². The molecule has 3 N–H and O–H groups in total. The predicted octanol–water partition coefficient (Wildman–Crippen LogP) is 2.41. The Kier molecular flexibility index (Phi) is 3.54. The summed E-state index contributed by atoms with van der Waals surface area (Å²) in [7, 11) is -3.61. The summed E-state index contributed by atoms with van der Waals surface area (Å²) in [4.78, 5) is -0.0204. The van der Waals surface area contributed by atoms with Gasteiger partial charge in [0.05, 0.1) is 15.7 Å². The molecule has 0 atom stereocenters. The molecule has 0 aliphatic heterocycles. The fourth-order valence-corrected chi connectivity index (χ4v) is 3.64. The highest BCUT2D eigenvalue weighted by atomic mass is 35.5. The average Bonchev–Trinajstić information content (AvgIpc) is 2.20. The molecule has 1 fully saturated rings. The number of nitrogens with one attached hydrogen (secondary N) is 1. The van der Waals surface area contributed by atoms with Crippen molar-refractivity contribution in [2.24, 2.45) is 0 Å². The fraction of sp³-hybridized carbons (Fsp3) is 0.400. The van der Waals surface area contributed by atoms with E-state index in [0.29, 0.717) is 0 Å². The second kappa shape index (κ2) is 4.65. The molecule has 0 unspecified atom stereocenters. The number of benzene rings is 1. The van der Waals surface area contributed by atoms with Crippen molar-refractivity contribution in [3.63, 3.8) is 0 Å². The topological polar surface area (TPSA) is 72.2 Å². The van der Waals surface area contributed by atoms with Crippen molar-refractivity contribution in [1.82, 2.24) is 4.72 Å². The minimum Gasteiger partial charge on any atom is -0.396 e. The van der Waals surface area contributed by atoms with Gasteiger partial charge in [-0.2, -0.15) is 0 Å². The molecule has 2 rings (SSSR count). The predicted molar refractivity (Wildman–Crippen MR) is 68.8 cm³/mol. The van der Waals surface area contributed by atoms with Crippen molar-refractivity contribution in [1.29, 1.82) is 0 Å². The Bertz CT molecular complexity index is 541. The Labute approximate surface area is 110 Å². The van der Waals surface area contributed by atoms with Crippen molar-refractivity contribution in [2.75, 3.05) is 5.73 Å². The van der Waals surface area contributed by atoms with Gasteiger partial charge in [0.1, 0.15) is 4.90 Å². The van der Waals surface area contributed by atoms with E-state index in [0.717, 1.165) is 19.3 Å². The van der Waals surface area contributed by atoms with Crippen molar-refractivity contribution >= 4 is 38.9 Å². The number of nitrogen functional groups attached to an aromatic ring is 1. The molecule has 0 amide bonds. The Morgan fingerprint density at radius 3 is 2.47 bits per heavy atom. The second-order valence-electron chi connectivity index (χ2n) is 4.02. The van der Waals surface area contributed by atoms with Crippen LogP contribution in [0.2, 0.25) is 10.0 Å². The molecule has 0 bridgehead atoms. The summed E-state index contributed by atoms with van der Waals surface area (Å²) in [6.07, 6.45) is 2.77. The van der Waals surface area contributed by atoms with Crippen LogP contribution in [-0.2, 0) is 10.0 Å². The minimum absolute atomic E-state index is 0.00738. The zero-order valence-corrected chi connectivity index (χ0v) is 11.2. The molecule has 1 aromatic carbocycles. The highest BCUT2D eigenvalue weighted by Crippen LogP contribution is 2.33. The van der Waals surface area contributed by atoms with Crippen molar-refractivity contribution < 1.29 is 8.42 Å². The van der Waals surface area contributed by atoms with Crippen LogP contribution < -0.4 is 10.5 Å². The maximum Gasteiger partial charge on any atom is 0.242 e. The molecule has 7 heteroatoms. The minimum atomic E-state index is -3.61. The van der Waals surface area contributed by atoms with Gasteiger partial charge in [0, 0.05) is 6.04 Å². The maximum atomic E-state index is 12.0. The van der Waals surface area contributed by atoms with Gasteiger partial charge in [-0.05, 0) is 25.0 Å². The van der Waals surface area contributed by atoms with Gasteiger partial charge in [0.15, 0.2) is 0 Å². The van der Waals surface area contributed by atoms with Crippen LogP contribution in [0.25, 0.3) is 0 Å². The molecule has 0 spiro atoms. The van der Waals surface area contributed by atoms with Gasteiger partial charge in [0.2, 0.25) is 10.0 Å². The molecular formula is C10H12Cl2N2O2S. The number of halogens is 2. The second-order valence-corrected chi connectivity index (χ2v) is 6.49. The lowest BCUT2D eigenvalue weighted by molar-refractivity contribution is 0.383. The van der Waals surface area contributed by atoms with Crippen LogP contribution in [0.5, 0.6) is 0 Å². The van der Waals surface area contributed by atoms with Crippen LogP contribution in [0, 0.1) is 0 Å². The van der Waals surface area contributed by atoms with Gasteiger partial charge in [0.25, 0.3) is 0 Å². The largest absolute Gasteiger partial charge is 0.396 e. The number of hydrogen-bond acceptors (Lipinski definition) is 3. The van der Waals surface area contributed by atoms with Gasteiger partial charge < -0.3 is 5.73 Å². The molecule has 1 saturated carbocycles. The first-order chi connectivity index (χ1) is 7.92. The van der Waals surface area contributed by atoms with Gasteiger partial charge in [-0.25, -0.2) is 13.1 Å². The highest BCUT2D eigenvalue weighted by molar-refractivity contribution is 7.89. The lowest BCUT2D eigenvalue weighted by atomic mass is 9.94. The van der Waals surface area contributed by atoms with E-state index in [2.05, 4.69) is 4.72 Å². The van der Waals surface area contributed by atoms with Crippen LogP contribution in [-0.4, -0.2) is 14.5 Å². The number of anilines is 1. The number of sulfonamides is 1. The normalized spacial score (nSPS) is 16.8. The quantitative estimate of drug-likeness (QED) is 0.841. The van der Waals surface area contributed by atoms with Crippen LogP contribution >= 0.6 is 23.2 Å². The van der Waals surface area contributed by atoms with E-state index in [1.807, 2.05) is 0 Å². The van der Waals surface area contributed by atoms with E-state index in [1.54, 1.807) is 0 Å². The summed E-state index contributed by atoms with van der Waals surface area (Å²) in [5.41, 5.74) is 5.69. The van der Waals surface area contributed by atoms with E-state index >= 15 is 0 Å². The summed E-state index contributed by atoms with van der Waals surface area (Å²) in [5.74, 6) is 0. The Morgan fingerprint density at radius 1 is 1.29 bits per heavy atom.